The molecule has 2 fully saturated rings. The Labute approximate surface area is 163 Å². The first-order valence-electron chi connectivity index (χ1n) is 10.6. The molecule has 2 heterocycles. The molecule has 5 nitrogen and oxygen atoms in total. The second-order valence-electron chi connectivity index (χ2n) is 8.31. The molecule has 1 aromatic rings. The molecule has 0 unspecified atom stereocenters. The van der Waals surface area contributed by atoms with Crippen molar-refractivity contribution in [3.63, 3.8) is 0 Å². The number of methoxy groups -OCH3 is 1. The molecule has 2 aliphatic rings. The Kier molecular flexibility index (Phi) is 7.65. The van der Waals surface area contributed by atoms with E-state index in [0.29, 0.717) is 12.8 Å². The molecule has 0 radical (unpaired) electrons. The molecule has 1 saturated heterocycles. The van der Waals surface area contributed by atoms with Crippen LogP contribution in [0.15, 0.2) is 18.3 Å². The van der Waals surface area contributed by atoms with E-state index in [-0.39, 0.29) is 11.8 Å². The molecule has 3 rings (SSSR count). The molecule has 1 aliphatic heterocycles. The number of nitrogens with zero attached hydrogens (tertiary/aromatic N) is 2. The topological polar surface area (TPSA) is 54.5 Å². The van der Waals surface area contributed by atoms with Crippen LogP contribution in [0.1, 0.15) is 68.7 Å². The third-order valence-electron chi connectivity index (χ3n) is 6.41. The van der Waals surface area contributed by atoms with Crippen molar-refractivity contribution in [1.29, 1.82) is 0 Å². The van der Waals surface area contributed by atoms with Gasteiger partial charge in [0, 0.05) is 31.0 Å². The highest BCUT2D eigenvalue weighted by Gasteiger charge is 2.26. The van der Waals surface area contributed by atoms with Crippen LogP contribution in [0.3, 0.4) is 0 Å². The van der Waals surface area contributed by atoms with Gasteiger partial charge in [0.1, 0.15) is 6.73 Å². The lowest BCUT2D eigenvalue weighted by molar-refractivity contribution is -0.127. The van der Waals surface area contributed by atoms with Gasteiger partial charge in [0.05, 0.1) is 0 Å². The molecule has 1 amide bonds. The number of hydrogen-bond acceptors (Lipinski definition) is 4. The number of pyridine rings is 1. The lowest BCUT2D eigenvalue weighted by Gasteiger charge is -2.27. The fourth-order valence-electron chi connectivity index (χ4n) is 4.69. The van der Waals surface area contributed by atoms with Crippen molar-refractivity contribution in [3.05, 3.63) is 29.6 Å². The van der Waals surface area contributed by atoms with E-state index in [9.17, 15) is 4.79 Å². The van der Waals surface area contributed by atoms with Crippen molar-refractivity contribution in [2.24, 2.45) is 11.8 Å². The van der Waals surface area contributed by atoms with Gasteiger partial charge in [-0.25, -0.2) is 0 Å². The average molecular weight is 374 g/mol. The van der Waals surface area contributed by atoms with Gasteiger partial charge in [-0.2, -0.15) is 0 Å². The number of ether oxygens (including phenoxy) is 1. The summed E-state index contributed by atoms with van der Waals surface area (Å²) >= 11 is 0. The van der Waals surface area contributed by atoms with Crippen molar-refractivity contribution in [1.82, 2.24) is 15.2 Å². The van der Waals surface area contributed by atoms with Crippen LogP contribution in [0, 0.1) is 11.8 Å². The number of amides is 1. The molecular formula is C22H35N3O2. The molecular weight excluding hydrogens is 338 g/mol. The summed E-state index contributed by atoms with van der Waals surface area (Å²) in [6.07, 6.45) is 12.5. The predicted molar refractivity (Wildman–Crippen MR) is 107 cm³/mol. The monoisotopic (exact) mass is 373 g/mol. The molecule has 1 atom stereocenters. The number of carbonyl (C=O) groups is 1. The van der Waals surface area contributed by atoms with Gasteiger partial charge < -0.3 is 10.1 Å². The molecule has 0 spiro atoms. The Balaban J connectivity index is 1.35. The van der Waals surface area contributed by atoms with Crippen LogP contribution in [-0.4, -0.2) is 43.2 Å². The van der Waals surface area contributed by atoms with Crippen LogP contribution in [-0.2, 0) is 16.0 Å². The molecule has 5 heteroatoms. The minimum atomic E-state index is 0.160. The van der Waals surface area contributed by atoms with Gasteiger partial charge in [-0.15, -0.1) is 0 Å². The SMILES string of the molecule is COCNC(=O)C1CCC(CCCc2ccc([C@@H]3CCCN3C)cn2)CC1. The Morgan fingerprint density at radius 3 is 2.70 bits per heavy atom. The largest absolute Gasteiger partial charge is 0.364 e. The summed E-state index contributed by atoms with van der Waals surface area (Å²) in [7, 11) is 3.81. The zero-order valence-corrected chi connectivity index (χ0v) is 17.0. The summed E-state index contributed by atoms with van der Waals surface area (Å²) in [6.45, 7) is 1.52. The van der Waals surface area contributed by atoms with Gasteiger partial charge in [0.25, 0.3) is 0 Å². The summed E-state index contributed by atoms with van der Waals surface area (Å²) in [6, 6.07) is 5.06. The summed E-state index contributed by atoms with van der Waals surface area (Å²) in [5.74, 6) is 1.11. The van der Waals surface area contributed by atoms with Crippen molar-refractivity contribution in [2.45, 2.75) is 63.8 Å². The van der Waals surface area contributed by atoms with E-state index >= 15 is 0 Å². The molecule has 0 bridgehead atoms. The summed E-state index contributed by atoms with van der Waals surface area (Å²) < 4.78 is 4.92. The van der Waals surface area contributed by atoms with E-state index in [4.69, 9.17) is 9.72 Å². The van der Waals surface area contributed by atoms with Crippen molar-refractivity contribution < 1.29 is 9.53 Å². The molecule has 150 valence electrons. The normalized spacial score (nSPS) is 26.2. The number of hydrogen-bond donors (Lipinski definition) is 1. The highest BCUT2D eigenvalue weighted by Crippen LogP contribution is 2.32. The highest BCUT2D eigenvalue weighted by atomic mass is 16.5. The summed E-state index contributed by atoms with van der Waals surface area (Å²) in [4.78, 5) is 19.1. The highest BCUT2D eigenvalue weighted by molar-refractivity contribution is 5.78. The maximum absolute atomic E-state index is 12.0. The molecule has 1 N–H and O–H groups in total. The minimum absolute atomic E-state index is 0.160. The maximum atomic E-state index is 12.0. The summed E-state index contributed by atoms with van der Waals surface area (Å²) in [5, 5.41) is 2.84. The first kappa shape index (κ1) is 20.3. The smallest absolute Gasteiger partial charge is 0.224 e. The second kappa shape index (κ2) is 10.2. The Hall–Kier alpha value is -1.46. The number of rotatable bonds is 8. The van der Waals surface area contributed by atoms with Crippen LogP contribution in [0.2, 0.25) is 0 Å². The van der Waals surface area contributed by atoms with Gasteiger partial charge >= 0.3 is 0 Å². The number of aryl methyl sites for hydroxylation is 1. The Morgan fingerprint density at radius 2 is 2.07 bits per heavy atom. The van der Waals surface area contributed by atoms with Crippen LogP contribution < -0.4 is 5.32 Å². The van der Waals surface area contributed by atoms with Crippen molar-refractivity contribution >= 4 is 5.91 Å². The van der Waals surface area contributed by atoms with Crippen molar-refractivity contribution in [2.75, 3.05) is 27.4 Å². The Morgan fingerprint density at radius 1 is 1.26 bits per heavy atom. The quantitative estimate of drug-likeness (QED) is 0.706. The minimum Gasteiger partial charge on any atom is -0.364 e. The van der Waals surface area contributed by atoms with Gasteiger partial charge in [-0.3, -0.25) is 14.7 Å². The number of carbonyl (C=O) groups excluding carboxylic acids is 1. The van der Waals surface area contributed by atoms with E-state index in [2.05, 4.69) is 35.6 Å². The van der Waals surface area contributed by atoms with Gasteiger partial charge in [-0.05, 0) is 82.5 Å². The van der Waals surface area contributed by atoms with Gasteiger partial charge in [0.15, 0.2) is 0 Å². The number of aromatic nitrogens is 1. The zero-order chi connectivity index (χ0) is 19.1. The standard InChI is InChI=1S/C22H35N3O2/c1-25-14-4-7-21(25)19-12-13-20(23-15-19)6-3-5-17-8-10-18(11-9-17)22(26)24-16-27-2/h12-13,15,17-18,21H,3-11,14,16H2,1-2H3,(H,24,26)/t17?,18?,21-/m0/s1. The molecule has 1 aromatic heterocycles. The molecule has 0 aromatic carbocycles. The van der Waals surface area contributed by atoms with Crippen LogP contribution in [0.25, 0.3) is 0 Å². The van der Waals surface area contributed by atoms with E-state index in [1.54, 1.807) is 7.11 Å². The van der Waals surface area contributed by atoms with Crippen LogP contribution in [0.4, 0.5) is 0 Å². The summed E-state index contributed by atoms with van der Waals surface area (Å²) in [5.41, 5.74) is 2.58. The van der Waals surface area contributed by atoms with E-state index in [1.807, 2.05) is 0 Å². The van der Waals surface area contributed by atoms with E-state index < -0.39 is 0 Å². The zero-order valence-electron chi connectivity index (χ0n) is 17.0. The van der Waals surface area contributed by atoms with Gasteiger partial charge in [0.2, 0.25) is 5.91 Å². The number of likely N-dealkylation sites (tertiary alicyclic amines) is 1. The van der Waals surface area contributed by atoms with Crippen LogP contribution >= 0.6 is 0 Å². The first-order valence-corrected chi connectivity index (χ1v) is 10.6. The van der Waals surface area contributed by atoms with E-state index in [0.717, 1.165) is 25.2 Å². The van der Waals surface area contributed by atoms with Crippen LogP contribution in [0.5, 0.6) is 0 Å². The fraction of sp³-hybridized carbons (Fsp3) is 0.727. The van der Waals surface area contributed by atoms with E-state index in [1.165, 1.54) is 56.3 Å². The third kappa shape index (κ3) is 5.76. The molecule has 1 saturated carbocycles. The third-order valence-corrected chi connectivity index (χ3v) is 6.41. The second-order valence-corrected chi connectivity index (χ2v) is 8.31. The maximum Gasteiger partial charge on any atom is 0.224 e. The van der Waals surface area contributed by atoms with Gasteiger partial charge in [-0.1, -0.05) is 12.5 Å². The number of nitrogens with one attached hydrogen (secondary N) is 1. The molecule has 27 heavy (non-hydrogen) atoms. The Bertz CT molecular complexity index is 582. The average Bonchev–Trinajstić information content (AvgIpc) is 3.13. The molecule has 1 aliphatic carbocycles. The first-order chi connectivity index (χ1) is 13.2. The predicted octanol–water partition coefficient (Wildman–Crippen LogP) is 3.70. The fourth-order valence-corrected chi connectivity index (χ4v) is 4.69. The lowest BCUT2D eigenvalue weighted by atomic mass is 9.79. The lowest BCUT2D eigenvalue weighted by Crippen LogP contribution is -2.34. The van der Waals surface area contributed by atoms with Crippen molar-refractivity contribution in [3.8, 4) is 0 Å².